The van der Waals surface area contributed by atoms with E-state index in [0.717, 1.165) is 16.7 Å². The van der Waals surface area contributed by atoms with Gasteiger partial charge in [0.05, 0.1) is 6.54 Å². The first kappa shape index (κ1) is 17.5. The third-order valence-electron chi connectivity index (χ3n) is 4.18. The number of benzene rings is 2. The summed E-state index contributed by atoms with van der Waals surface area (Å²) in [4.78, 5) is 0. The smallest absolute Gasteiger partial charge is 0.253 e. The number of nitrogens with two attached hydrogens (primary N) is 1. The summed E-state index contributed by atoms with van der Waals surface area (Å²) in [5.74, 6) is 0.122. The van der Waals surface area contributed by atoms with Crippen molar-refractivity contribution in [1.29, 1.82) is 5.26 Å². The number of ether oxygens (including phenoxy) is 1. The lowest BCUT2D eigenvalue weighted by Crippen LogP contribution is -2.06. The second-order valence-electron chi connectivity index (χ2n) is 6.18. The molecule has 0 spiro atoms. The molecule has 26 heavy (non-hydrogen) atoms. The summed E-state index contributed by atoms with van der Waals surface area (Å²) in [6.07, 6.45) is 0. The summed E-state index contributed by atoms with van der Waals surface area (Å²) in [6, 6.07) is 14.2. The molecule has 0 saturated heterocycles. The molecular weight excluding hydrogens is 331 g/mol. The molecule has 2 aromatic carbocycles. The van der Waals surface area contributed by atoms with Gasteiger partial charge < -0.3 is 10.5 Å². The molecule has 0 unspecified atom stereocenters. The Morgan fingerprint density at radius 1 is 1.19 bits per heavy atom. The minimum absolute atomic E-state index is 0.201. The zero-order chi connectivity index (χ0) is 18.7. The number of anilines is 1. The highest BCUT2D eigenvalue weighted by molar-refractivity contribution is 5.55. The van der Waals surface area contributed by atoms with Crippen molar-refractivity contribution < 1.29 is 9.13 Å². The molecule has 0 fully saturated rings. The summed E-state index contributed by atoms with van der Waals surface area (Å²) in [5.41, 5.74) is 10.4. The molecule has 3 aromatic rings. The zero-order valence-corrected chi connectivity index (χ0v) is 14.7. The normalized spacial score (nSPS) is 10.5. The average Bonchev–Trinajstić information content (AvgIpc) is 2.91. The number of hydrogen-bond donors (Lipinski definition) is 1. The fourth-order valence-electron chi connectivity index (χ4n) is 2.70. The number of nitrogens with zero attached hydrogens (tertiary/aromatic N) is 3. The van der Waals surface area contributed by atoms with E-state index in [4.69, 9.17) is 10.5 Å². The van der Waals surface area contributed by atoms with E-state index in [1.807, 2.05) is 32.0 Å². The lowest BCUT2D eigenvalue weighted by molar-refractivity contribution is 0.288. The molecule has 3 rings (SSSR count). The van der Waals surface area contributed by atoms with Crippen LogP contribution in [0.1, 0.15) is 27.8 Å². The van der Waals surface area contributed by atoms with Gasteiger partial charge in [0.1, 0.15) is 24.3 Å². The SMILES string of the molecule is Cc1ccc(COc2nn(Cc3ccc(F)cc3)c(N)c2C#N)c(C)c1. The topological polar surface area (TPSA) is 76.9 Å². The van der Waals surface area contributed by atoms with Crippen LogP contribution in [0.15, 0.2) is 42.5 Å². The third kappa shape index (κ3) is 3.67. The number of aryl methyl sites for hydroxylation is 2. The minimum Gasteiger partial charge on any atom is -0.471 e. The molecule has 5 nitrogen and oxygen atoms in total. The number of hydrogen-bond acceptors (Lipinski definition) is 4. The molecule has 0 atom stereocenters. The molecule has 0 radical (unpaired) electrons. The van der Waals surface area contributed by atoms with E-state index in [0.29, 0.717) is 13.2 Å². The molecule has 2 N–H and O–H groups in total. The van der Waals surface area contributed by atoms with Crippen molar-refractivity contribution >= 4 is 5.82 Å². The van der Waals surface area contributed by atoms with Crippen LogP contribution in [-0.2, 0) is 13.2 Å². The first-order valence-corrected chi connectivity index (χ1v) is 8.17. The van der Waals surface area contributed by atoms with Crippen LogP contribution < -0.4 is 10.5 Å². The maximum Gasteiger partial charge on any atom is 0.253 e. The van der Waals surface area contributed by atoms with Crippen LogP contribution in [0.5, 0.6) is 5.88 Å². The average molecular weight is 350 g/mol. The summed E-state index contributed by atoms with van der Waals surface area (Å²) in [7, 11) is 0. The first-order valence-electron chi connectivity index (χ1n) is 8.17. The highest BCUT2D eigenvalue weighted by Crippen LogP contribution is 2.25. The number of aromatic nitrogens is 2. The van der Waals surface area contributed by atoms with Gasteiger partial charge in [0.15, 0.2) is 5.56 Å². The molecular formula is C20H19FN4O. The van der Waals surface area contributed by atoms with Gasteiger partial charge in [0.25, 0.3) is 5.88 Å². The van der Waals surface area contributed by atoms with E-state index in [-0.39, 0.29) is 23.1 Å². The van der Waals surface area contributed by atoms with Crippen LogP contribution >= 0.6 is 0 Å². The van der Waals surface area contributed by atoms with Crippen molar-refractivity contribution in [2.24, 2.45) is 0 Å². The molecule has 0 bridgehead atoms. The molecule has 0 aliphatic carbocycles. The molecule has 0 amide bonds. The van der Waals surface area contributed by atoms with Gasteiger partial charge in [-0.2, -0.15) is 5.26 Å². The van der Waals surface area contributed by atoms with Crippen molar-refractivity contribution in [2.45, 2.75) is 27.0 Å². The van der Waals surface area contributed by atoms with Crippen molar-refractivity contribution in [1.82, 2.24) is 9.78 Å². The lowest BCUT2D eigenvalue weighted by Gasteiger charge is -2.07. The van der Waals surface area contributed by atoms with Crippen molar-refractivity contribution in [2.75, 3.05) is 5.73 Å². The summed E-state index contributed by atoms with van der Waals surface area (Å²) >= 11 is 0. The summed E-state index contributed by atoms with van der Waals surface area (Å²) in [6.45, 7) is 4.67. The Balaban J connectivity index is 1.81. The van der Waals surface area contributed by atoms with Crippen LogP contribution in [0.2, 0.25) is 0 Å². The van der Waals surface area contributed by atoms with Gasteiger partial charge in [-0.3, -0.25) is 0 Å². The van der Waals surface area contributed by atoms with E-state index in [1.54, 1.807) is 12.1 Å². The maximum atomic E-state index is 13.0. The molecule has 132 valence electrons. The van der Waals surface area contributed by atoms with Crippen LogP contribution in [-0.4, -0.2) is 9.78 Å². The predicted molar refractivity (Wildman–Crippen MR) is 97.1 cm³/mol. The third-order valence-corrected chi connectivity index (χ3v) is 4.18. The Morgan fingerprint density at radius 3 is 2.58 bits per heavy atom. The van der Waals surface area contributed by atoms with Crippen LogP contribution in [0.4, 0.5) is 10.2 Å². The van der Waals surface area contributed by atoms with E-state index >= 15 is 0 Å². The number of nitriles is 1. The zero-order valence-electron chi connectivity index (χ0n) is 14.7. The van der Waals surface area contributed by atoms with Gasteiger partial charge >= 0.3 is 0 Å². The Kier molecular flexibility index (Phi) is 4.90. The largest absolute Gasteiger partial charge is 0.471 e. The van der Waals surface area contributed by atoms with Crippen molar-refractivity contribution in [3.63, 3.8) is 0 Å². The molecule has 0 saturated carbocycles. The lowest BCUT2D eigenvalue weighted by atomic mass is 10.1. The Hall–Kier alpha value is -3.33. The van der Waals surface area contributed by atoms with E-state index < -0.39 is 0 Å². The van der Waals surface area contributed by atoms with Crippen molar-refractivity contribution in [3.05, 3.63) is 76.1 Å². The molecule has 1 heterocycles. The Bertz CT molecular complexity index is 971. The van der Waals surface area contributed by atoms with Crippen molar-refractivity contribution in [3.8, 4) is 11.9 Å². The van der Waals surface area contributed by atoms with Gasteiger partial charge in [-0.05, 0) is 42.7 Å². The Labute approximate surface area is 151 Å². The fraction of sp³-hybridized carbons (Fsp3) is 0.200. The molecule has 0 aliphatic rings. The van der Waals surface area contributed by atoms with Crippen LogP contribution in [0.3, 0.4) is 0 Å². The highest BCUT2D eigenvalue weighted by atomic mass is 19.1. The standard InChI is InChI=1S/C20H19FN4O/c1-13-3-6-16(14(2)9-13)12-26-20-18(10-22)19(23)25(24-20)11-15-4-7-17(21)8-5-15/h3-9H,11-12,23H2,1-2H3. The predicted octanol–water partition coefficient (Wildman–Crippen LogP) is 3.72. The van der Waals surface area contributed by atoms with E-state index in [9.17, 15) is 9.65 Å². The van der Waals surface area contributed by atoms with Gasteiger partial charge in [0, 0.05) is 0 Å². The van der Waals surface area contributed by atoms with Gasteiger partial charge in [-0.1, -0.05) is 35.9 Å². The van der Waals surface area contributed by atoms with Gasteiger partial charge in [-0.15, -0.1) is 5.10 Å². The maximum absolute atomic E-state index is 13.0. The van der Waals surface area contributed by atoms with Crippen LogP contribution in [0.25, 0.3) is 0 Å². The molecule has 1 aromatic heterocycles. The summed E-state index contributed by atoms with van der Waals surface area (Å²) < 4.78 is 20.3. The fourth-order valence-corrected chi connectivity index (χ4v) is 2.70. The minimum atomic E-state index is -0.308. The summed E-state index contributed by atoms with van der Waals surface area (Å²) in [5, 5.41) is 13.7. The number of nitrogen functional groups attached to an aromatic ring is 1. The van der Waals surface area contributed by atoms with Gasteiger partial charge in [-0.25, -0.2) is 9.07 Å². The Morgan fingerprint density at radius 2 is 1.92 bits per heavy atom. The van der Waals surface area contributed by atoms with E-state index in [2.05, 4.69) is 11.2 Å². The first-order chi connectivity index (χ1) is 12.5. The van der Waals surface area contributed by atoms with E-state index in [1.165, 1.54) is 22.4 Å². The number of rotatable bonds is 5. The second-order valence-corrected chi connectivity index (χ2v) is 6.18. The second kappa shape index (κ2) is 7.28. The monoisotopic (exact) mass is 350 g/mol. The van der Waals surface area contributed by atoms with Crippen LogP contribution in [0, 0.1) is 31.0 Å². The highest BCUT2D eigenvalue weighted by Gasteiger charge is 2.17. The quantitative estimate of drug-likeness (QED) is 0.761. The number of halogens is 1. The molecule has 6 heteroatoms. The van der Waals surface area contributed by atoms with Gasteiger partial charge in [0.2, 0.25) is 0 Å². The molecule has 0 aliphatic heterocycles.